The Balaban J connectivity index is 1.37. The standard InChI is InChI=1S/C22H21N5O5/c1-25-19(14-7-9-15(32-2)10-8-14)24-27(22(25)31)12-11-23-18(28)13-26-20(29)16-5-3-4-6-17(16)21(26)30/h3-10H,11-13H2,1-2H3,(H,23,28). The van der Waals surface area contributed by atoms with Crippen LogP contribution in [0.4, 0.5) is 0 Å². The molecule has 0 unspecified atom stereocenters. The number of amides is 3. The van der Waals surface area contributed by atoms with Crippen LogP contribution in [0.15, 0.2) is 53.3 Å². The molecule has 164 valence electrons. The Morgan fingerprint density at radius 1 is 1.00 bits per heavy atom. The van der Waals surface area contributed by atoms with Gasteiger partial charge < -0.3 is 10.1 Å². The topological polar surface area (TPSA) is 116 Å². The van der Waals surface area contributed by atoms with Crippen molar-refractivity contribution in [2.75, 3.05) is 20.2 Å². The van der Waals surface area contributed by atoms with Crippen molar-refractivity contribution in [3.05, 3.63) is 70.1 Å². The van der Waals surface area contributed by atoms with Crippen LogP contribution in [0.5, 0.6) is 5.75 Å². The van der Waals surface area contributed by atoms with E-state index in [1.165, 1.54) is 9.25 Å². The number of carbonyl (C=O) groups is 3. The highest BCUT2D eigenvalue weighted by Crippen LogP contribution is 2.22. The number of imide groups is 1. The summed E-state index contributed by atoms with van der Waals surface area (Å²) in [5.41, 5.74) is 0.997. The van der Waals surface area contributed by atoms with Gasteiger partial charge in [0, 0.05) is 19.2 Å². The molecule has 1 aromatic heterocycles. The van der Waals surface area contributed by atoms with Crippen molar-refractivity contribution in [2.24, 2.45) is 7.05 Å². The molecule has 1 aliphatic heterocycles. The van der Waals surface area contributed by atoms with Crippen LogP contribution in [-0.4, -0.2) is 57.2 Å². The molecule has 3 amide bonds. The minimum absolute atomic E-state index is 0.112. The number of nitrogens with zero attached hydrogens (tertiary/aromatic N) is 4. The predicted molar refractivity (Wildman–Crippen MR) is 114 cm³/mol. The summed E-state index contributed by atoms with van der Waals surface area (Å²) in [5.74, 6) is -0.315. The molecule has 0 spiro atoms. The van der Waals surface area contributed by atoms with Crippen molar-refractivity contribution in [3.63, 3.8) is 0 Å². The van der Waals surface area contributed by atoms with Gasteiger partial charge in [0.05, 0.1) is 24.8 Å². The number of carbonyl (C=O) groups excluding carboxylic acids is 3. The van der Waals surface area contributed by atoms with Crippen molar-refractivity contribution >= 4 is 17.7 Å². The molecule has 10 heteroatoms. The van der Waals surface area contributed by atoms with Gasteiger partial charge in [0.15, 0.2) is 5.82 Å². The van der Waals surface area contributed by atoms with E-state index >= 15 is 0 Å². The van der Waals surface area contributed by atoms with Crippen LogP contribution in [0.2, 0.25) is 0 Å². The van der Waals surface area contributed by atoms with Crippen LogP contribution in [-0.2, 0) is 18.4 Å². The van der Waals surface area contributed by atoms with Gasteiger partial charge in [-0.05, 0) is 36.4 Å². The van der Waals surface area contributed by atoms with E-state index < -0.39 is 17.7 Å². The molecule has 0 radical (unpaired) electrons. The van der Waals surface area contributed by atoms with E-state index in [2.05, 4.69) is 10.4 Å². The minimum atomic E-state index is -0.501. The van der Waals surface area contributed by atoms with Gasteiger partial charge in [0.1, 0.15) is 12.3 Å². The smallest absolute Gasteiger partial charge is 0.345 e. The molecule has 0 saturated carbocycles. The summed E-state index contributed by atoms with van der Waals surface area (Å²) >= 11 is 0. The zero-order valence-electron chi connectivity index (χ0n) is 17.6. The number of nitrogens with one attached hydrogen (secondary N) is 1. The number of rotatable bonds is 7. The fraction of sp³-hybridized carbons (Fsp3) is 0.227. The molecule has 1 N–H and O–H groups in total. The van der Waals surface area contributed by atoms with Crippen LogP contribution in [0.1, 0.15) is 20.7 Å². The van der Waals surface area contributed by atoms with Crippen molar-refractivity contribution in [1.29, 1.82) is 0 Å². The first-order chi connectivity index (χ1) is 15.4. The van der Waals surface area contributed by atoms with E-state index in [9.17, 15) is 19.2 Å². The maximum absolute atomic E-state index is 12.5. The highest BCUT2D eigenvalue weighted by atomic mass is 16.5. The Bertz CT molecular complexity index is 1220. The Kier molecular flexibility index (Phi) is 5.59. The monoisotopic (exact) mass is 435 g/mol. The molecule has 1 aliphatic rings. The van der Waals surface area contributed by atoms with Gasteiger partial charge in [-0.1, -0.05) is 12.1 Å². The summed E-state index contributed by atoms with van der Waals surface area (Å²) in [7, 11) is 3.19. The molecule has 4 rings (SSSR count). The fourth-order valence-corrected chi connectivity index (χ4v) is 3.51. The number of fused-ring (bicyclic) bond motifs is 1. The third kappa shape index (κ3) is 3.78. The lowest BCUT2D eigenvalue weighted by molar-refractivity contribution is -0.121. The van der Waals surface area contributed by atoms with Crippen molar-refractivity contribution in [2.45, 2.75) is 6.54 Å². The Hall–Kier alpha value is -4.21. The normalized spacial score (nSPS) is 12.8. The molecule has 0 aliphatic carbocycles. The van der Waals surface area contributed by atoms with Crippen LogP contribution in [0, 0.1) is 0 Å². The number of hydrogen-bond acceptors (Lipinski definition) is 6. The fourth-order valence-electron chi connectivity index (χ4n) is 3.51. The zero-order chi connectivity index (χ0) is 22.8. The van der Waals surface area contributed by atoms with Crippen LogP contribution in [0.3, 0.4) is 0 Å². The van der Waals surface area contributed by atoms with Gasteiger partial charge in [0.25, 0.3) is 11.8 Å². The van der Waals surface area contributed by atoms with Crippen molar-refractivity contribution < 1.29 is 19.1 Å². The molecule has 10 nitrogen and oxygen atoms in total. The first kappa shape index (κ1) is 21.0. The van der Waals surface area contributed by atoms with Gasteiger partial charge in [-0.25, -0.2) is 9.48 Å². The molecule has 2 aromatic carbocycles. The third-order valence-corrected chi connectivity index (χ3v) is 5.21. The number of ether oxygens (including phenoxy) is 1. The summed E-state index contributed by atoms with van der Waals surface area (Å²) in [4.78, 5) is 50.4. The summed E-state index contributed by atoms with van der Waals surface area (Å²) in [6.07, 6.45) is 0. The molecule has 32 heavy (non-hydrogen) atoms. The molecule has 0 saturated heterocycles. The van der Waals surface area contributed by atoms with Gasteiger partial charge in [-0.15, -0.1) is 5.10 Å². The molecule has 2 heterocycles. The SMILES string of the molecule is COc1ccc(-c2nn(CCNC(=O)CN3C(=O)c4ccccc4C3=O)c(=O)n2C)cc1. The first-order valence-corrected chi connectivity index (χ1v) is 9.91. The van der Waals surface area contributed by atoms with E-state index in [0.29, 0.717) is 11.6 Å². The molecule has 0 atom stereocenters. The van der Waals surface area contributed by atoms with Gasteiger partial charge >= 0.3 is 5.69 Å². The summed E-state index contributed by atoms with van der Waals surface area (Å²) in [6, 6.07) is 13.6. The minimum Gasteiger partial charge on any atom is -0.497 e. The lowest BCUT2D eigenvalue weighted by Gasteiger charge is -2.13. The maximum Gasteiger partial charge on any atom is 0.345 e. The van der Waals surface area contributed by atoms with E-state index in [1.807, 2.05) is 0 Å². The average molecular weight is 435 g/mol. The van der Waals surface area contributed by atoms with Crippen LogP contribution < -0.4 is 15.7 Å². The number of benzene rings is 2. The van der Waals surface area contributed by atoms with Gasteiger partial charge in [-0.2, -0.15) is 0 Å². The van der Waals surface area contributed by atoms with Gasteiger partial charge in [0.2, 0.25) is 5.91 Å². The molecule has 0 bridgehead atoms. The van der Waals surface area contributed by atoms with Crippen molar-refractivity contribution in [1.82, 2.24) is 24.6 Å². The molecule has 0 fully saturated rings. The number of hydrogen-bond donors (Lipinski definition) is 1. The Morgan fingerprint density at radius 3 is 2.22 bits per heavy atom. The quantitative estimate of drug-likeness (QED) is 0.546. The summed E-state index contributed by atoms with van der Waals surface area (Å²) in [5, 5.41) is 6.97. The number of methoxy groups -OCH3 is 1. The second kappa shape index (κ2) is 8.50. The zero-order valence-corrected chi connectivity index (χ0v) is 17.6. The molecular weight excluding hydrogens is 414 g/mol. The summed E-state index contributed by atoms with van der Waals surface area (Å²) in [6.45, 7) is -0.141. The number of aromatic nitrogens is 3. The van der Waals surface area contributed by atoms with Crippen LogP contribution >= 0.6 is 0 Å². The summed E-state index contributed by atoms with van der Waals surface area (Å²) < 4.78 is 7.81. The molecular formula is C22H21N5O5. The van der Waals surface area contributed by atoms with Gasteiger partial charge in [-0.3, -0.25) is 23.9 Å². The van der Waals surface area contributed by atoms with E-state index in [0.717, 1.165) is 10.5 Å². The lowest BCUT2D eigenvalue weighted by atomic mass is 10.1. The Morgan fingerprint density at radius 2 is 1.62 bits per heavy atom. The van der Waals surface area contributed by atoms with E-state index in [4.69, 9.17) is 4.74 Å². The highest BCUT2D eigenvalue weighted by molar-refractivity contribution is 6.22. The molecule has 3 aromatic rings. The van der Waals surface area contributed by atoms with Crippen LogP contribution in [0.25, 0.3) is 11.4 Å². The first-order valence-electron chi connectivity index (χ1n) is 9.91. The van der Waals surface area contributed by atoms with E-state index in [1.54, 1.807) is 62.7 Å². The highest BCUT2D eigenvalue weighted by Gasteiger charge is 2.36. The predicted octanol–water partition coefficient (Wildman–Crippen LogP) is 0.670. The van der Waals surface area contributed by atoms with Crippen molar-refractivity contribution in [3.8, 4) is 17.1 Å². The lowest BCUT2D eigenvalue weighted by Crippen LogP contribution is -2.41. The third-order valence-electron chi connectivity index (χ3n) is 5.21. The Labute approximate surface area is 183 Å². The maximum atomic E-state index is 12.5. The second-order valence-electron chi connectivity index (χ2n) is 7.21. The van der Waals surface area contributed by atoms with E-state index in [-0.39, 0.29) is 36.5 Å². The average Bonchev–Trinajstić information content (AvgIpc) is 3.22. The second-order valence-corrected chi connectivity index (χ2v) is 7.21. The largest absolute Gasteiger partial charge is 0.497 e.